The van der Waals surface area contributed by atoms with Crippen LogP contribution in [0.3, 0.4) is 0 Å². The predicted octanol–water partition coefficient (Wildman–Crippen LogP) is 2.40. The minimum atomic E-state index is -0.814. The fraction of sp³-hybridized carbons (Fsp3) is 0.667. The van der Waals surface area contributed by atoms with Crippen molar-refractivity contribution in [2.24, 2.45) is 5.92 Å². The number of thiazole rings is 1. The molecule has 0 spiro atoms. The highest BCUT2D eigenvalue weighted by atomic mass is 32.1. The van der Waals surface area contributed by atoms with Gasteiger partial charge in [0.05, 0.1) is 12.1 Å². The normalized spacial score (nSPS) is 14.9. The van der Waals surface area contributed by atoms with Crippen molar-refractivity contribution in [1.29, 1.82) is 0 Å². The van der Waals surface area contributed by atoms with E-state index in [4.69, 9.17) is 5.11 Å². The Morgan fingerprint density at radius 3 is 3.00 bits per heavy atom. The van der Waals surface area contributed by atoms with Crippen LogP contribution in [0.15, 0.2) is 5.38 Å². The van der Waals surface area contributed by atoms with E-state index >= 15 is 0 Å². The first-order valence-electron chi connectivity index (χ1n) is 6.10. The summed E-state index contributed by atoms with van der Waals surface area (Å²) in [5.41, 5.74) is 0.675. The maximum Gasteiger partial charge on any atom is 0.309 e. The van der Waals surface area contributed by atoms with E-state index in [0.717, 1.165) is 30.6 Å². The standard InChI is InChI=1S/C12H18N2O2S/c1-2-5-14(7-9-3-4-9)12-13-10(8-17-12)6-11(15)16/h8-9H,2-7H2,1H3,(H,15,16). The summed E-state index contributed by atoms with van der Waals surface area (Å²) < 4.78 is 0. The molecule has 0 atom stereocenters. The van der Waals surface area contributed by atoms with Crippen LogP contribution in [0.5, 0.6) is 0 Å². The van der Waals surface area contributed by atoms with E-state index in [-0.39, 0.29) is 6.42 Å². The third-order valence-electron chi connectivity index (χ3n) is 2.81. The van der Waals surface area contributed by atoms with Gasteiger partial charge in [-0.25, -0.2) is 4.98 Å². The second-order valence-corrected chi connectivity index (χ2v) is 5.42. The SMILES string of the molecule is CCCN(CC1CC1)c1nc(CC(=O)O)cs1. The molecule has 1 heterocycles. The van der Waals surface area contributed by atoms with E-state index in [2.05, 4.69) is 16.8 Å². The molecule has 0 aromatic carbocycles. The maximum atomic E-state index is 10.6. The molecule has 1 aromatic heterocycles. The topological polar surface area (TPSA) is 53.4 Å². The number of anilines is 1. The van der Waals surface area contributed by atoms with Crippen molar-refractivity contribution in [3.05, 3.63) is 11.1 Å². The summed E-state index contributed by atoms with van der Waals surface area (Å²) >= 11 is 1.56. The van der Waals surface area contributed by atoms with Crippen LogP contribution in [0.4, 0.5) is 5.13 Å². The first kappa shape index (κ1) is 12.4. The molecule has 17 heavy (non-hydrogen) atoms. The summed E-state index contributed by atoms with van der Waals surface area (Å²) in [4.78, 5) is 17.3. The average molecular weight is 254 g/mol. The Balaban J connectivity index is 2.00. The molecule has 0 bridgehead atoms. The molecular formula is C12H18N2O2S. The van der Waals surface area contributed by atoms with E-state index < -0.39 is 5.97 Å². The van der Waals surface area contributed by atoms with Crippen molar-refractivity contribution in [3.8, 4) is 0 Å². The molecule has 0 radical (unpaired) electrons. The molecule has 2 rings (SSSR count). The fourth-order valence-electron chi connectivity index (χ4n) is 1.82. The Bertz CT molecular complexity index is 388. The summed E-state index contributed by atoms with van der Waals surface area (Å²) in [6.45, 7) is 4.25. The van der Waals surface area contributed by atoms with Gasteiger partial charge in [0.15, 0.2) is 5.13 Å². The Morgan fingerprint density at radius 1 is 1.65 bits per heavy atom. The van der Waals surface area contributed by atoms with Gasteiger partial charge < -0.3 is 10.0 Å². The van der Waals surface area contributed by atoms with Crippen molar-refractivity contribution in [3.63, 3.8) is 0 Å². The lowest BCUT2D eigenvalue weighted by molar-refractivity contribution is -0.136. The van der Waals surface area contributed by atoms with Crippen LogP contribution in [-0.2, 0) is 11.2 Å². The highest BCUT2D eigenvalue weighted by molar-refractivity contribution is 7.13. The molecule has 4 nitrogen and oxygen atoms in total. The quantitative estimate of drug-likeness (QED) is 0.811. The largest absolute Gasteiger partial charge is 0.481 e. The number of carboxylic acids is 1. The van der Waals surface area contributed by atoms with Crippen molar-refractivity contribution in [2.75, 3.05) is 18.0 Å². The third kappa shape index (κ3) is 3.70. The lowest BCUT2D eigenvalue weighted by atomic mass is 10.3. The highest BCUT2D eigenvalue weighted by Gasteiger charge is 2.25. The number of hydrogen-bond acceptors (Lipinski definition) is 4. The monoisotopic (exact) mass is 254 g/mol. The molecule has 0 saturated heterocycles. The second-order valence-electron chi connectivity index (χ2n) is 4.58. The zero-order chi connectivity index (χ0) is 12.3. The van der Waals surface area contributed by atoms with Gasteiger partial charge in [0.1, 0.15) is 0 Å². The van der Waals surface area contributed by atoms with Crippen molar-refractivity contribution in [1.82, 2.24) is 4.98 Å². The Morgan fingerprint density at radius 2 is 2.41 bits per heavy atom. The molecule has 94 valence electrons. The van der Waals surface area contributed by atoms with E-state index in [0.29, 0.717) is 5.69 Å². The van der Waals surface area contributed by atoms with Crippen LogP contribution in [0.1, 0.15) is 31.9 Å². The molecule has 1 saturated carbocycles. The van der Waals surface area contributed by atoms with Gasteiger partial charge >= 0.3 is 5.97 Å². The van der Waals surface area contributed by atoms with Crippen LogP contribution >= 0.6 is 11.3 Å². The van der Waals surface area contributed by atoms with Crippen LogP contribution in [0, 0.1) is 5.92 Å². The van der Waals surface area contributed by atoms with E-state index in [1.807, 2.05) is 5.38 Å². The van der Waals surface area contributed by atoms with Gasteiger partial charge in [0.25, 0.3) is 0 Å². The highest BCUT2D eigenvalue weighted by Crippen LogP contribution is 2.32. The van der Waals surface area contributed by atoms with Gasteiger partial charge in [-0.15, -0.1) is 11.3 Å². The van der Waals surface area contributed by atoms with Gasteiger partial charge in [-0.05, 0) is 25.2 Å². The second kappa shape index (κ2) is 5.49. The molecule has 1 N–H and O–H groups in total. The van der Waals surface area contributed by atoms with Crippen LogP contribution in [-0.4, -0.2) is 29.1 Å². The first-order valence-corrected chi connectivity index (χ1v) is 6.98. The molecule has 0 amide bonds. The molecule has 1 fully saturated rings. The van der Waals surface area contributed by atoms with E-state index in [1.165, 1.54) is 12.8 Å². The molecule has 5 heteroatoms. The number of carboxylic acid groups (broad SMARTS) is 1. The summed E-state index contributed by atoms with van der Waals surface area (Å²) in [6.07, 6.45) is 3.78. The zero-order valence-corrected chi connectivity index (χ0v) is 10.9. The Kier molecular flexibility index (Phi) is 3.99. The van der Waals surface area contributed by atoms with Crippen LogP contribution in [0.2, 0.25) is 0 Å². The third-order valence-corrected chi connectivity index (χ3v) is 3.76. The molecule has 0 unspecified atom stereocenters. The van der Waals surface area contributed by atoms with E-state index in [1.54, 1.807) is 11.3 Å². The molecular weight excluding hydrogens is 236 g/mol. The molecule has 0 aliphatic heterocycles. The smallest absolute Gasteiger partial charge is 0.309 e. The summed E-state index contributed by atoms with van der Waals surface area (Å²) in [6, 6.07) is 0. The Hall–Kier alpha value is -1.10. The maximum absolute atomic E-state index is 10.6. The fourth-order valence-corrected chi connectivity index (χ4v) is 2.69. The van der Waals surface area contributed by atoms with E-state index in [9.17, 15) is 4.79 Å². The molecule has 1 aromatic rings. The van der Waals surface area contributed by atoms with Gasteiger partial charge in [0, 0.05) is 18.5 Å². The lowest BCUT2D eigenvalue weighted by Gasteiger charge is -2.20. The number of rotatable bonds is 7. The summed E-state index contributed by atoms with van der Waals surface area (Å²) in [7, 11) is 0. The number of aromatic nitrogens is 1. The predicted molar refractivity (Wildman–Crippen MR) is 68.7 cm³/mol. The van der Waals surface area contributed by atoms with Crippen molar-refractivity contribution in [2.45, 2.75) is 32.6 Å². The zero-order valence-electron chi connectivity index (χ0n) is 10.1. The number of nitrogens with zero attached hydrogens (tertiary/aromatic N) is 2. The molecule has 1 aliphatic carbocycles. The van der Waals surface area contributed by atoms with Gasteiger partial charge in [-0.2, -0.15) is 0 Å². The lowest BCUT2D eigenvalue weighted by Crippen LogP contribution is -2.26. The summed E-state index contributed by atoms with van der Waals surface area (Å²) in [5, 5.41) is 11.6. The van der Waals surface area contributed by atoms with Crippen LogP contribution in [0.25, 0.3) is 0 Å². The average Bonchev–Trinajstić information content (AvgIpc) is 2.96. The summed E-state index contributed by atoms with van der Waals surface area (Å²) in [5.74, 6) is 0.0134. The van der Waals surface area contributed by atoms with Crippen molar-refractivity contribution < 1.29 is 9.90 Å². The van der Waals surface area contributed by atoms with Gasteiger partial charge in [0.2, 0.25) is 0 Å². The van der Waals surface area contributed by atoms with Gasteiger partial charge in [-0.1, -0.05) is 6.92 Å². The number of aliphatic carboxylic acids is 1. The number of carbonyl (C=O) groups is 1. The minimum Gasteiger partial charge on any atom is -0.481 e. The Labute approximate surface area is 105 Å². The molecule has 1 aliphatic rings. The van der Waals surface area contributed by atoms with Gasteiger partial charge in [-0.3, -0.25) is 4.79 Å². The minimum absolute atomic E-state index is 0.0277. The first-order chi connectivity index (χ1) is 8.19. The number of hydrogen-bond donors (Lipinski definition) is 1. The van der Waals surface area contributed by atoms with Crippen molar-refractivity contribution >= 4 is 22.4 Å². The van der Waals surface area contributed by atoms with Crippen LogP contribution < -0.4 is 4.90 Å².